The van der Waals surface area contributed by atoms with Crippen molar-refractivity contribution in [3.05, 3.63) is 83.8 Å². The average Bonchev–Trinajstić information content (AvgIpc) is 3.32. The smallest absolute Gasteiger partial charge is 0.259 e. The van der Waals surface area contributed by atoms with E-state index in [0.717, 1.165) is 12.8 Å². The predicted molar refractivity (Wildman–Crippen MR) is 120 cm³/mol. The quantitative estimate of drug-likeness (QED) is 0.406. The molecule has 2 amide bonds. The summed E-state index contributed by atoms with van der Waals surface area (Å²) in [5.41, 5.74) is 1.59. The van der Waals surface area contributed by atoms with Crippen LogP contribution < -0.4 is 15.4 Å². The van der Waals surface area contributed by atoms with Gasteiger partial charge < -0.3 is 19.8 Å². The Balaban J connectivity index is 1.55. The van der Waals surface area contributed by atoms with Crippen molar-refractivity contribution in [3.8, 4) is 5.75 Å². The zero-order chi connectivity index (χ0) is 21.9. The Morgan fingerprint density at radius 1 is 0.903 bits per heavy atom. The molecule has 1 heterocycles. The van der Waals surface area contributed by atoms with Crippen molar-refractivity contribution in [2.75, 3.05) is 11.9 Å². The van der Waals surface area contributed by atoms with E-state index in [1.165, 1.54) is 12.8 Å². The molecule has 6 heteroatoms. The highest BCUT2D eigenvalue weighted by Crippen LogP contribution is 2.20. The Bertz CT molecular complexity index is 965. The minimum Gasteiger partial charge on any atom is -0.493 e. The zero-order valence-electron chi connectivity index (χ0n) is 17.7. The predicted octanol–water partition coefficient (Wildman–Crippen LogP) is 5.42. The molecule has 0 aliphatic heterocycles. The summed E-state index contributed by atoms with van der Waals surface area (Å²) >= 11 is 0. The number of benzene rings is 2. The molecule has 0 aliphatic carbocycles. The van der Waals surface area contributed by atoms with Gasteiger partial charge in [0.1, 0.15) is 11.5 Å². The number of hydrogen-bond acceptors (Lipinski definition) is 4. The second-order valence-electron chi connectivity index (χ2n) is 7.20. The van der Waals surface area contributed by atoms with E-state index in [1.807, 2.05) is 12.1 Å². The Labute approximate surface area is 182 Å². The number of nitrogens with one attached hydrogen (secondary N) is 2. The van der Waals surface area contributed by atoms with Crippen LogP contribution in [0.2, 0.25) is 0 Å². The van der Waals surface area contributed by atoms with Crippen molar-refractivity contribution < 1.29 is 18.7 Å². The van der Waals surface area contributed by atoms with Gasteiger partial charge in [-0.3, -0.25) is 9.59 Å². The highest BCUT2D eigenvalue weighted by Gasteiger charge is 2.13. The molecule has 0 spiro atoms. The fourth-order valence-corrected chi connectivity index (χ4v) is 3.08. The van der Waals surface area contributed by atoms with Gasteiger partial charge in [-0.2, -0.15) is 0 Å². The third-order valence-electron chi connectivity index (χ3n) is 4.80. The molecule has 0 unspecified atom stereocenters. The van der Waals surface area contributed by atoms with Crippen LogP contribution in [0.25, 0.3) is 0 Å². The summed E-state index contributed by atoms with van der Waals surface area (Å²) in [5.74, 6) is 0.796. The molecule has 0 saturated heterocycles. The lowest BCUT2D eigenvalue weighted by atomic mass is 10.1. The monoisotopic (exact) mass is 420 g/mol. The lowest BCUT2D eigenvalue weighted by Gasteiger charge is -2.12. The molecule has 3 aromatic rings. The van der Waals surface area contributed by atoms with E-state index >= 15 is 0 Å². The fourth-order valence-electron chi connectivity index (χ4n) is 3.08. The van der Waals surface area contributed by atoms with Crippen molar-refractivity contribution in [3.63, 3.8) is 0 Å². The van der Waals surface area contributed by atoms with Crippen LogP contribution in [0.1, 0.15) is 59.1 Å². The number of para-hydroxylation sites is 1. The van der Waals surface area contributed by atoms with E-state index in [4.69, 9.17) is 9.15 Å². The van der Waals surface area contributed by atoms with Gasteiger partial charge in [0.15, 0.2) is 0 Å². The van der Waals surface area contributed by atoms with E-state index in [2.05, 4.69) is 17.6 Å². The Morgan fingerprint density at radius 2 is 1.71 bits per heavy atom. The molecule has 1 aromatic heterocycles. The van der Waals surface area contributed by atoms with E-state index in [9.17, 15) is 9.59 Å². The number of carbonyl (C=O) groups is 2. The van der Waals surface area contributed by atoms with Gasteiger partial charge >= 0.3 is 0 Å². The highest BCUT2D eigenvalue weighted by atomic mass is 16.5. The first kappa shape index (κ1) is 22.2. The lowest BCUT2D eigenvalue weighted by Crippen LogP contribution is -2.22. The van der Waals surface area contributed by atoms with Crippen LogP contribution in [0, 0.1) is 0 Å². The molecule has 0 aliphatic rings. The summed E-state index contributed by atoms with van der Waals surface area (Å²) < 4.78 is 11.0. The maximum atomic E-state index is 12.7. The van der Waals surface area contributed by atoms with Crippen molar-refractivity contribution in [1.29, 1.82) is 0 Å². The zero-order valence-corrected chi connectivity index (χ0v) is 17.7. The molecule has 0 radical (unpaired) electrons. The van der Waals surface area contributed by atoms with Crippen molar-refractivity contribution in [1.82, 2.24) is 5.32 Å². The van der Waals surface area contributed by atoms with Crippen LogP contribution in [0.4, 0.5) is 5.69 Å². The van der Waals surface area contributed by atoms with Gasteiger partial charge in [-0.25, -0.2) is 0 Å². The average molecular weight is 421 g/mol. The molecule has 0 fully saturated rings. The van der Waals surface area contributed by atoms with Gasteiger partial charge in [0.05, 0.1) is 25.0 Å². The molecule has 31 heavy (non-hydrogen) atoms. The summed E-state index contributed by atoms with van der Waals surface area (Å²) in [5, 5.41) is 5.65. The maximum Gasteiger partial charge on any atom is 0.259 e. The van der Waals surface area contributed by atoms with Crippen LogP contribution in [0.3, 0.4) is 0 Å². The summed E-state index contributed by atoms with van der Waals surface area (Å²) in [7, 11) is 0. The highest BCUT2D eigenvalue weighted by molar-refractivity contribution is 6.06. The number of hydrogen-bond donors (Lipinski definition) is 2. The van der Waals surface area contributed by atoms with Crippen molar-refractivity contribution in [2.24, 2.45) is 0 Å². The Morgan fingerprint density at radius 3 is 2.45 bits per heavy atom. The van der Waals surface area contributed by atoms with Gasteiger partial charge in [0.25, 0.3) is 11.8 Å². The van der Waals surface area contributed by atoms with E-state index in [1.54, 1.807) is 54.8 Å². The topological polar surface area (TPSA) is 80.6 Å². The van der Waals surface area contributed by atoms with Gasteiger partial charge in [0, 0.05) is 11.3 Å². The SMILES string of the molecule is CCCCCCOc1ccccc1C(=O)Nc1ccc(C(=O)NCc2ccco2)cc1. The van der Waals surface area contributed by atoms with Gasteiger partial charge in [0.2, 0.25) is 0 Å². The largest absolute Gasteiger partial charge is 0.493 e. The van der Waals surface area contributed by atoms with E-state index < -0.39 is 0 Å². The summed E-state index contributed by atoms with van der Waals surface area (Å²) in [6.07, 6.45) is 6.00. The molecule has 2 aromatic carbocycles. The maximum absolute atomic E-state index is 12.7. The number of rotatable bonds is 11. The van der Waals surface area contributed by atoms with E-state index in [0.29, 0.717) is 41.5 Å². The third-order valence-corrected chi connectivity index (χ3v) is 4.80. The van der Waals surface area contributed by atoms with Crippen LogP contribution >= 0.6 is 0 Å². The number of amides is 2. The third kappa shape index (κ3) is 6.74. The Hall–Kier alpha value is -3.54. The fraction of sp³-hybridized carbons (Fsp3) is 0.280. The molecule has 0 saturated carbocycles. The summed E-state index contributed by atoms with van der Waals surface area (Å²) in [6.45, 7) is 3.08. The first-order valence-electron chi connectivity index (χ1n) is 10.6. The Kier molecular flexibility index (Phi) is 8.29. The van der Waals surface area contributed by atoms with Gasteiger partial charge in [-0.15, -0.1) is 0 Å². The van der Waals surface area contributed by atoms with Crippen LogP contribution in [0.15, 0.2) is 71.3 Å². The second kappa shape index (κ2) is 11.6. The standard InChI is InChI=1S/C25H28N2O4/c1-2-3-4-7-16-31-23-11-6-5-10-22(23)25(29)27-20-14-12-19(13-15-20)24(28)26-18-21-9-8-17-30-21/h5-6,8-15,17H,2-4,7,16,18H2,1H3,(H,26,28)(H,27,29). The number of ether oxygens (including phenoxy) is 1. The van der Waals surface area contributed by atoms with Gasteiger partial charge in [-0.1, -0.05) is 38.3 Å². The number of unbranched alkanes of at least 4 members (excludes halogenated alkanes) is 3. The van der Waals surface area contributed by atoms with Crippen molar-refractivity contribution in [2.45, 2.75) is 39.2 Å². The minimum absolute atomic E-state index is 0.212. The molecular formula is C25H28N2O4. The van der Waals surface area contributed by atoms with Crippen molar-refractivity contribution >= 4 is 17.5 Å². The molecule has 3 rings (SSSR count). The molecule has 6 nitrogen and oxygen atoms in total. The van der Waals surface area contributed by atoms with E-state index in [-0.39, 0.29) is 11.8 Å². The number of carbonyl (C=O) groups excluding carboxylic acids is 2. The minimum atomic E-state index is -0.251. The number of furan rings is 1. The molecule has 162 valence electrons. The summed E-state index contributed by atoms with van der Waals surface area (Å²) in [6, 6.07) is 17.5. The lowest BCUT2D eigenvalue weighted by molar-refractivity contribution is 0.0947. The first-order chi connectivity index (χ1) is 15.2. The second-order valence-corrected chi connectivity index (χ2v) is 7.20. The van der Waals surface area contributed by atoms with Crippen LogP contribution in [0.5, 0.6) is 5.75 Å². The molecule has 0 atom stereocenters. The first-order valence-corrected chi connectivity index (χ1v) is 10.6. The number of anilines is 1. The molecule has 0 bridgehead atoms. The molecule has 2 N–H and O–H groups in total. The van der Waals surface area contributed by atoms with Gasteiger partial charge in [-0.05, 0) is 55.0 Å². The molecular weight excluding hydrogens is 392 g/mol. The summed E-state index contributed by atoms with van der Waals surface area (Å²) in [4.78, 5) is 25.0. The van der Waals surface area contributed by atoms with Crippen LogP contribution in [-0.2, 0) is 6.54 Å². The normalized spacial score (nSPS) is 10.5. The van der Waals surface area contributed by atoms with Crippen LogP contribution in [-0.4, -0.2) is 18.4 Å².